The Hall–Kier alpha value is -1.09. The Kier molecular flexibility index (Phi) is 3.62. The van der Waals surface area contributed by atoms with E-state index in [1.807, 2.05) is 6.08 Å². The summed E-state index contributed by atoms with van der Waals surface area (Å²) in [7, 11) is 0. The van der Waals surface area contributed by atoms with Gasteiger partial charge < -0.3 is 9.84 Å². The molecule has 0 unspecified atom stereocenters. The molecule has 0 radical (unpaired) electrons. The van der Waals surface area contributed by atoms with E-state index >= 15 is 0 Å². The molecule has 3 nitrogen and oxygen atoms in total. The van der Waals surface area contributed by atoms with Crippen LogP contribution in [0.25, 0.3) is 0 Å². The molecule has 0 spiro atoms. The van der Waals surface area contributed by atoms with Crippen LogP contribution in [0.1, 0.15) is 33.1 Å². The highest BCUT2D eigenvalue weighted by molar-refractivity contribution is 5.72. The minimum atomic E-state index is -0.203. The molecule has 2 aliphatic rings. The Morgan fingerprint density at radius 3 is 2.83 bits per heavy atom. The van der Waals surface area contributed by atoms with Gasteiger partial charge in [-0.3, -0.25) is 4.79 Å². The number of rotatable bonds is 2. The van der Waals surface area contributed by atoms with Crippen LogP contribution in [0.4, 0.5) is 0 Å². The van der Waals surface area contributed by atoms with E-state index < -0.39 is 0 Å². The lowest BCUT2D eigenvalue weighted by atomic mass is 9.86. The summed E-state index contributed by atoms with van der Waals surface area (Å²) in [4.78, 5) is 11.3. The first-order chi connectivity index (χ1) is 8.46. The normalized spacial score (nSPS) is 35.4. The molecule has 18 heavy (non-hydrogen) atoms. The molecule has 0 aromatic heterocycles. The quantitative estimate of drug-likeness (QED) is 0.605. The maximum Gasteiger partial charge on any atom is 0.306 e. The lowest BCUT2D eigenvalue weighted by Gasteiger charge is -2.27. The molecule has 1 saturated heterocycles. The van der Waals surface area contributed by atoms with Gasteiger partial charge in [-0.25, -0.2) is 0 Å². The lowest BCUT2D eigenvalue weighted by molar-refractivity contribution is -0.146. The second kappa shape index (κ2) is 4.88. The highest BCUT2D eigenvalue weighted by Crippen LogP contribution is 2.48. The molecule has 0 amide bonds. The Balaban J connectivity index is 2.33. The molecule has 0 bridgehead atoms. The van der Waals surface area contributed by atoms with Crippen LogP contribution < -0.4 is 0 Å². The molecule has 1 saturated carbocycles. The van der Waals surface area contributed by atoms with Crippen molar-refractivity contribution in [3.63, 3.8) is 0 Å². The first-order valence-electron chi connectivity index (χ1n) is 6.57. The van der Waals surface area contributed by atoms with Crippen molar-refractivity contribution in [3.8, 4) is 0 Å². The molecule has 100 valence electrons. The van der Waals surface area contributed by atoms with E-state index in [2.05, 4.69) is 20.4 Å². The third-order valence-corrected chi connectivity index (χ3v) is 4.10. The third-order valence-electron chi connectivity index (χ3n) is 4.10. The fourth-order valence-corrected chi connectivity index (χ4v) is 3.20. The van der Waals surface area contributed by atoms with Crippen LogP contribution in [0, 0.1) is 17.3 Å². The van der Waals surface area contributed by atoms with Crippen molar-refractivity contribution in [1.29, 1.82) is 0 Å². The zero-order chi connectivity index (χ0) is 13.3. The molecule has 2 atom stereocenters. The summed E-state index contributed by atoms with van der Waals surface area (Å²) in [5.74, 6) is 0.101. The number of hydrogen-bond acceptors (Lipinski definition) is 3. The molecule has 1 N–H and O–H groups in total. The minimum Gasteiger partial charge on any atom is -0.461 e. The van der Waals surface area contributed by atoms with E-state index in [0.29, 0.717) is 18.9 Å². The molecule has 0 aromatic rings. The van der Waals surface area contributed by atoms with Crippen LogP contribution in [0.2, 0.25) is 0 Å². The summed E-state index contributed by atoms with van der Waals surface area (Å²) in [5.41, 5.74) is 2.73. The number of carbonyl (C=O) groups excluding carboxylic acids is 1. The Morgan fingerprint density at radius 1 is 1.50 bits per heavy atom. The summed E-state index contributed by atoms with van der Waals surface area (Å²) in [6.07, 6.45) is 4.38. The summed E-state index contributed by atoms with van der Waals surface area (Å²) in [6, 6.07) is 0. The number of allylic oxidation sites excluding steroid dienone is 2. The van der Waals surface area contributed by atoms with Gasteiger partial charge in [-0.15, -0.1) is 6.58 Å². The molecular weight excluding hydrogens is 228 g/mol. The smallest absolute Gasteiger partial charge is 0.306 e. The van der Waals surface area contributed by atoms with Gasteiger partial charge in [-0.2, -0.15) is 0 Å². The first kappa shape index (κ1) is 13.3. The van der Waals surface area contributed by atoms with E-state index in [1.165, 1.54) is 5.57 Å². The maximum atomic E-state index is 11.3. The summed E-state index contributed by atoms with van der Waals surface area (Å²) in [5, 5.41) is 9.46. The average Bonchev–Trinajstić information content (AvgIpc) is 2.64. The number of carbonyl (C=O) groups is 1. The highest BCUT2D eigenvalue weighted by atomic mass is 16.5. The van der Waals surface area contributed by atoms with Crippen molar-refractivity contribution in [2.24, 2.45) is 17.3 Å². The zero-order valence-electron chi connectivity index (χ0n) is 11.2. The Morgan fingerprint density at radius 2 is 2.22 bits per heavy atom. The highest BCUT2D eigenvalue weighted by Gasteiger charge is 2.38. The predicted octanol–water partition coefficient (Wildman–Crippen LogP) is 2.46. The molecule has 2 fully saturated rings. The van der Waals surface area contributed by atoms with Crippen molar-refractivity contribution in [3.05, 3.63) is 23.8 Å². The summed E-state index contributed by atoms with van der Waals surface area (Å²) < 4.78 is 5.15. The minimum absolute atomic E-state index is 0.0260. The number of hydrogen-bond donors (Lipinski definition) is 1. The van der Waals surface area contributed by atoms with Crippen molar-refractivity contribution in [2.45, 2.75) is 33.1 Å². The van der Waals surface area contributed by atoms with Crippen LogP contribution in [0.5, 0.6) is 0 Å². The van der Waals surface area contributed by atoms with Gasteiger partial charge in [0.1, 0.15) is 6.61 Å². The molecule has 1 heterocycles. The van der Waals surface area contributed by atoms with Crippen molar-refractivity contribution < 1.29 is 14.6 Å². The number of ether oxygens (including phenoxy) is 1. The van der Waals surface area contributed by atoms with Gasteiger partial charge in [-0.05, 0) is 29.7 Å². The van der Waals surface area contributed by atoms with Crippen molar-refractivity contribution in [2.75, 3.05) is 13.2 Å². The fourth-order valence-electron chi connectivity index (χ4n) is 3.20. The number of aliphatic hydroxyl groups is 1. The predicted molar refractivity (Wildman–Crippen MR) is 69.9 cm³/mol. The van der Waals surface area contributed by atoms with Gasteiger partial charge in [0.15, 0.2) is 0 Å². The molecule has 1 aliphatic carbocycles. The molecule has 0 aromatic carbocycles. The second-order valence-corrected chi connectivity index (χ2v) is 6.18. The van der Waals surface area contributed by atoms with E-state index in [-0.39, 0.29) is 23.9 Å². The van der Waals surface area contributed by atoms with Crippen LogP contribution >= 0.6 is 0 Å². The van der Waals surface area contributed by atoms with Gasteiger partial charge in [-0.1, -0.05) is 25.5 Å². The van der Waals surface area contributed by atoms with Crippen LogP contribution in [0.15, 0.2) is 23.8 Å². The third kappa shape index (κ3) is 2.51. The van der Waals surface area contributed by atoms with Crippen LogP contribution in [-0.4, -0.2) is 24.3 Å². The summed E-state index contributed by atoms with van der Waals surface area (Å²) >= 11 is 0. The number of cyclic esters (lactones) is 1. The summed E-state index contributed by atoms with van der Waals surface area (Å²) in [6.45, 7) is 8.79. The van der Waals surface area contributed by atoms with Crippen LogP contribution in [0.3, 0.4) is 0 Å². The number of aliphatic hydroxyl groups excluding tert-OH is 1. The van der Waals surface area contributed by atoms with Gasteiger partial charge in [0.2, 0.25) is 0 Å². The van der Waals surface area contributed by atoms with E-state index in [0.717, 1.165) is 18.4 Å². The molecule has 2 rings (SSSR count). The van der Waals surface area contributed by atoms with Gasteiger partial charge >= 0.3 is 5.97 Å². The van der Waals surface area contributed by atoms with E-state index in [1.54, 1.807) is 0 Å². The largest absolute Gasteiger partial charge is 0.461 e. The lowest BCUT2D eigenvalue weighted by Crippen LogP contribution is -2.27. The van der Waals surface area contributed by atoms with E-state index in [4.69, 9.17) is 4.74 Å². The van der Waals surface area contributed by atoms with Gasteiger partial charge in [0, 0.05) is 5.92 Å². The van der Waals surface area contributed by atoms with Crippen molar-refractivity contribution >= 4 is 5.97 Å². The first-order valence-corrected chi connectivity index (χ1v) is 6.57. The topological polar surface area (TPSA) is 46.5 Å². The molecule has 1 aliphatic heterocycles. The average molecular weight is 250 g/mol. The Bertz CT molecular complexity index is 393. The number of esters is 1. The Labute approximate surface area is 109 Å². The monoisotopic (exact) mass is 250 g/mol. The SMILES string of the molecule is C=C[C@@H]1CC(C)(C)CC1=C1COC(=O)C[C@H]1CO. The van der Waals surface area contributed by atoms with Crippen LogP contribution in [-0.2, 0) is 9.53 Å². The van der Waals surface area contributed by atoms with Crippen molar-refractivity contribution in [1.82, 2.24) is 0 Å². The fraction of sp³-hybridized carbons (Fsp3) is 0.667. The second-order valence-electron chi connectivity index (χ2n) is 6.18. The molecule has 3 heteroatoms. The molecular formula is C15H22O3. The van der Waals surface area contributed by atoms with Gasteiger partial charge in [0.05, 0.1) is 13.0 Å². The van der Waals surface area contributed by atoms with Gasteiger partial charge in [0.25, 0.3) is 0 Å². The zero-order valence-corrected chi connectivity index (χ0v) is 11.2. The maximum absolute atomic E-state index is 11.3. The van der Waals surface area contributed by atoms with E-state index in [9.17, 15) is 9.90 Å². The standard InChI is InChI=1S/C15H22O3/c1-4-10-6-15(2,3)7-12(10)13-9-18-14(17)5-11(13)8-16/h4,10-11,16H,1,5-9H2,2-3H3/t10-,11+/m1/s1.